The third kappa shape index (κ3) is 3.33. The van der Waals surface area contributed by atoms with Crippen LogP contribution in [0.3, 0.4) is 0 Å². The highest BCUT2D eigenvalue weighted by molar-refractivity contribution is 9.10. The van der Waals surface area contributed by atoms with Gasteiger partial charge in [0, 0.05) is 9.89 Å². The maximum Gasteiger partial charge on any atom is 0.0187 e. The number of unbranched alkanes of at least 4 members (excludes halogenated alkanes) is 5. The van der Waals surface area contributed by atoms with Crippen molar-refractivity contribution >= 4 is 15.9 Å². The molecule has 0 nitrogen and oxygen atoms in total. The largest absolute Gasteiger partial charge is 0.0654 e. The van der Waals surface area contributed by atoms with Crippen LogP contribution in [0.2, 0.25) is 0 Å². The maximum atomic E-state index is 3.69. The molecule has 0 aromatic heterocycles. The quantitative estimate of drug-likeness (QED) is 0.427. The molecule has 2 aromatic rings. The molecular formula is C23H29Br. The number of aryl methyl sites for hydroxylation is 1. The van der Waals surface area contributed by atoms with Gasteiger partial charge in [0.05, 0.1) is 0 Å². The average molecular weight is 385 g/mol. The lowest BCUT2D eigenvalue weighted by Crippen LogP contribution is -2.20. The van der Waals surface area contributed by atoms with Crippen LogP contribution in [0.15, 0.2) is 40.9 Å². The molecule has 0 amide bonds. The molecule has 0 aliphatic heterocycles. The lowest BCUT2D eigenvalue weighted by Gasteiger charge is -2.28. The SMILES string of the molecule is CCCCCCCCC1(C)c2cc(C)ccc2-c2ccc(Br)cc21. The Bertz CT molecular complexity index is 662. The van der Waals surface area contributed by atoms with Gasteiger partial charge < -0.3 is 0 Å². The van der Waals surface area contributed by atoms with E-state index in [9.17, 15) is 0 Å². The Labute approximate surface area is 155 Å². The molecule has 1 aliphatic rings. The van der Waals surface area contributed by atoms with Gasteiger partial charge in [-0.15, -0.1) is 0 Å². The molecule has 24 heavy (non-hydrogen) atoms. The van der Waals surface area contributed by atoms with Gasteiger partial charge in [-0.25, -0.2) is 0 Å². The molecule has 2 aromatic carbocycles. The zero-order valence-electron chi connectivity index (χ0n) is 15.3. The Morgan fingerprint density at radius 2 is 1.46 bits per heavy atom. The standard InChI is InChI=1S/C23H29Br/c1-4-5-6-7-8-9-14-23(3)21-15-17(2)10-12-19(21)20-13-11-18(24)16-22(20)23/h10-13,15-16H,4-9,14H2,1-3H3. The highest BCUT2D eigenvalue weighted by Gasteiger charge is 2.38. The number of rotatable bonds is 7. The molecule has 1 heteroatoms. The van der Waals surface area contributed by atoms with Gasteiger partial charge in [-0.1, -0.05) is 98.1 Å². The van der Waals surface area contributed by atoms with Crippen molar-refractivity contribution < 1.29 is 0 Å². The number of fused-ring (bicyclic) bond motifs is 3. The zero-order valence-corrected chi connectivity index (χ0v) is 16.9. The summed E-state index contributed by atoms with van der Waals surface area (Å²) in [4.78, 5) is 0. The van der Waals surface area contributed by atoms with E-state index in [0.717, 1.165) is 0 Å². The highest BCUT2D eigenvalue weighted by atomic mass is 79.9. The first-order chi connectivity index (χ1) is 11.6. The number of halogens is 1. The van der Waals surface area contributed by atoms with E-state index in [1.165, 1.54) is 77.2 Å². The molecule has 0 fully saturated rings. The van der Waals surface area contributed by atoms with Crippen molar-refractivity contribution in [1.82, 2.24) is 0 Å². The first-order valence-electron chi connectivity index (χ1n) is 9.48. The van der Waals surface area contributed by atoms with E-state index >= 15 is 0 Å². The summed E-state index contributed by atoms with van der Waals surface area (Å²) in [6.45, 7) is 6.95. The molecule has 128 valence electrons. The van der Waals surface area contributed by atoms with Gasteiger partial charge in [0.15, 0.2) is 0 Å². The Hall–Kier alpha value is -1.08. The van der Waals surface area contributed by atoms with Crippen molar-refractivity contribution in [1.29, 1.82) is 0 Å². The van der Waals surface area contributed by atoms with Crippen LogP contribution in [-0.2, 0) is 5.41 Å². The van der Waals surface area contributed by atoms with Gasteiger partial charge >= 0.3 is 0 Å². The van der Waals surface area contributed by atoms with Gasteiger partial charge in [0.2, 0.25) is 0 Å². The van der Waals surface area contributed by atoms with Crippen molar-refractivity contribution in [2.24, 2.45) is 0 Å². The third-order valence-corrected chi connectivity index (χ3v) is 6.16. The Morgan fingerprint density at radius 1 is 0.833 bits per heavy atom. The monoisotopic (exact) mass is 384 g/mol. The molecule has 0 saturated heterocycles. The molecule has 0 saturated carbocycles. The minimum Gasteiger partial charge on any atom is -0.0654 e. The molecule has 1 aliphatic carbocycles. The van der Waals surface area contributed by atoms with E-state index in [4.69, 9.17) is 0 Å². The van der Waals surface area contributed by atoms with Crippen LogP contribution in [0.1, 0.15) is 75.5 Å². The summed E-state index contributed by atoms with van der Waals surface area (Å²) in [5.74, 6) is 0. The predicted octanol–water partition coefficient (Wildman–Crippen LogP) is 7.79. The van der Waals surface area contributed by atoms with Crippen LogP contribution < -0.4 is 0 Å². The van der Waals surface area contributed by atoms with Crippen LogP contribution >= 0.6 is 15.9 Å². The normalized spacial score (nSPS) is 18.5. The van der Waals surface area contributed by atoms with E-state index in [2.05, 4.69) is 73.1 Å². The third-order valence-electron chi connectivity index (χ3n) is 5.67. The molecule has 1 unspecified atom stereocenters. The van der Waals surface area contributed by atoms with E-state index < -0.39 is 0 Å². The fourth-order valence-electron chi connectivity index (χ4n) is 4.23. The first-order valence-corrected chi connectivity index (χ1v) is 10.3. The van der Waals surface area contributed by atoms with Crippen molar-refractivity contribution in [3.63, 3.8) is 0 Å². The Kier molecular flexibility index (Phi) is 5.49. The summed E-state index contributed by atoms with van der Waals surface area (Å²) in [5, 5.41) is 0. The van der Waals surface area contributed by atoms with E-state index in [-0.39, 0.29) is 5.41 Å². The lowest BCUT2D eigenvalue weighted by atomic mass is 9.75. The lowest BCUT2D eigenvalue weighted by molar-refractivity contribution is 0.480. The van der Waals surface area contributed by atoms with Gasteiger partial charge in [-0.2, -0.15) is 0 Å². The van der Waals surface area contributed by atoms with Gasteiger partial charge in [-0.3, -0.25) is 0 Å². The predicted molar refractivity (Wildman–Crippen MR) is 109 cm³/mol. The summed E-state index contributed by atoms with van der Waals surface area (Å²) < 4.78 is 1.19. The fraction of sp³-hybridized carbons (Fsp3) is 0.478. The summed E-state index contributed by atoms with van der Waals surface area (Å²) in [7, 11) is 0. The van der Waals surface area contributed by atoms with Gasteiger partial charge in [-0.05, 0) is 47.7 Å². The molecule has 0 radical (unpaired) electrons. The van der Waals surface area contributed by atoms with Crippen molar-refractivity contribution in [3.05, 3.63) is 57.6 Å². The molecule has 0 bridgehead atoms. The van der Waals surface area contributed by atoms with Gasteiger partial charge in [0.25, 0.3) is 0 Å². The van der Waals surface area contributed by atoms with E-state index in [0.29, 0.717) is 0 Å². The summed E-state index contributed by atoms with van der Waals surface area (Å²) in [6.07, 6.45) is 9.42. The smallest absolute Gasteiger partial charge is 0.0187 e. The van der Waals surface area contributed by atoms with Gasteiger partial charge in [0.1, 0.15) is 0 Å². The second-order valence-electron chi connectivity index (χ2n) is 7.59. The molecule has 3 rings (SSSR count). The van der Waals surface area contributed by atoms with Crippen LogP contribution in [-0.4, -0.2) is 0 Å². The van der Waals surface area contributed by atoms with Crippen LogP contribution in [0.4, 0.5) is 0 Å². The minimum absolute atomic E-state index is 0.158. The molecule has 0 heterocycles. The Balaban J connectivity index is 1.86. The molecule has 1 atom stereocenters. The first kappa shape index (κ1) is 17.7. The average Bonchev–Trinajstić information content (AvgIpc) is 2.80. The van der Waals surface area contributed by atoms with E-state index in [1.807, 2.05) is 0 Å². The number of hydrogen-bond acceptors (Lipinski definition) is 0. The summed E-state index contributed by atoms with van der Waals surface area (Å²) >= 11 is 3.69. The highest BCUT2D eigenvalue weighted by Crippen LogP contribution is 2.52. The zero-order chi connectivity index (χ0) is 17.2. The van der Waals surface area contributed by atoms with Crippen molar-refractivity contribution in [2.45, 2.75) is 71.1 Å². The second-order valence-corrected chi connectivity index (χ2v) is 8.50. The summed E-state index contributed by atoms with van der Waals surface area (Å²) in [6, 6.07) is 13.8. The Morgan fingerprint density at radius 3 is 2.21 bits per heavy atom. The number of hydrogen-bond donors (Lipinski definition) is 0. The fourth-order valence-corrected chi connectivity index (χ4v) is 4.59. The number of benzene rings is 2. The van der Waals surface area contributed by atoms with Crippen LogP contribution in [0.25, 0.3) is 11.1 Å². The van der Waals surface area contributed by atoms with Crippen LogP contribution in [0.5, 0.6) is 0 Å². The van der Waals surface area contributed by atoms with E-state index in [1.54, 1.807) is 0 Å². The molecule has 0 N–H and O–H groups in total. The second kappa shape index (κ2) is 7.44. The molecular weight excluding hydrogens is 356 g/mol. The van der Waals surface area contributed by atoms with Crippen LogP contribution in [0, 0.1) is 6.92 Å². The topological polar surface area (TPSA) is 0 Å². The maximum absolute atomic E-state index is 3.69. The minimum atomic E-state index is 0.158. The van der Waals surface area contributed by atoms with Crippen molar-refractivity contribution in [3.8, 4) is 11.1 Å². The molecule has 0 spiro atoms. The summed E-state index contributed by atoms with van der Waals surface area (Å²) in [5.41, 5.74) is 7.44. The van der Waals surface area contributed by atoms with Crippen molar-refractivity contribution in [2.75, 3.05) is 0 Å².